The summed E-state index contributed by atoms with van der Waals surface area (Å²) < 4.78 is 5.58. The number of nitrogens with one attached hydrogen (secondary N) is 2. The smallest absolute Gasteiger partial charge is 0.407 e. The molecule has 3 rings (SSSR count). The van der Waals surface area contributed by atoms with Crippen LogP contribution in [-0.2, 0) is 14.3 Å². The Morgan fingerprint density at radius 1 is 1.00 bits per heavy atom. The third kappa shape index (κ3) is 5.75. The van der Waals surface area contributed by atoms with Crippen LogP contribution in [0.4, 0.5) is 4.79 Å². The fraction of sp³-hybridized carbons (Fsp3) is 0.423. The first kappa shape index (κ1) is 25.2. The number of aliphatic carboxylic acids is 1. The topological polar surface area (TPSA) is 108 Å². The largest absolute Gasteiger partial charge is 0.480 e. The zero-order valence-electron chi connectivity index (χ0n) is 20.1. The Hall–Kier alpha value is -3.39. The first-order valence-corrected chi connectivity index (χ1v) is 11.5. The van der Waals surface area contributed by atoms with Crippen molar-refractivity contribution in [1.82, 2.24) is 15.5 Å². The number of alkyl carbamates (subject to hydrolysis) is 1. The quantitative estimate of drug-likeness (QED) is 0.496. The number of hydrogen-bond acceptors (Lipinski definition) is 5. The number of benzene rings is 2. The van der Waals surface area contributed by atoms with E-state index in [1.54, 1.807) is 19.0 Å². The summed E-state index contributed by atoms with van der Waals surface area (Å²) in [5.41, 5.74) is 4.45. The minimum absolute atomic E-state index is 0.0921. The summed E-state index contributed by atoms with van der Waals surface area (Å²) in [5, 5.41) is 14.6. The predicted molar refractivity (Wildman–Crippen MR) is 130 cm³/mol. The van der Waals surface area contributed by atoms with E-state index in [0.717, 1.165) is 22.3 Å². The van der Waals surface area contributed by atoms with Gasteiger partial charge in [-0.15, -0.1) is 0 Å². The Balaban J connectivity index is 1.68. The second-order valence-electron chi connectivity index (χ2n) is 8.99. The highest BCUT2D eigenvalue weighted by molar-refractivity contribution is 5.89. The Labute approximate surface area is 200 Å². The number of carbonyl (C=O) groups excluding carboxylic acids is 2. The number of nitrogens with zero attached hydrogens (tertiary/aromatic N) is 1. The lowest BCUT2D eigenvalue weighted by Gasteiger charge is -2.26. The number of carboxylic acids is 1. The van der Waals surface area contributed by atoms with Gasteiger partial charge in [-0.2, -0.15) is 0 Å². The molecule has 34 heavy (non-hydrogen) atoms. The second-order valence-corrected chi connectivity index (χ2v) is 8.99. The minimum Gasteiger partial charge on any atom is -0.480 e. The molecule has 0 radical (unpaired) electrons. The maximum Gasteiger partial charge on any atom is 0.407 e. The van der Waals surface area contributed by atoms with Crippen molar-refractivity contribution < 1.29 is 24.2 Å². The second kappa shape index (κ2) is 11.2. The van der Waals surface area contributed by atoms with E-state index in [9.17, 15) is 19.5 Å². The number of ether oxygens (including phenoxy) is 1. The molecule has 0 aliphatic heterocycles. The molecule has 0 fully saturated rings. The number of hydrogen-bond donors (Lipinski definition) is 3. The van der Waals surface area contributed by atoms with Crippen molar-refractivity contribution in [3.63, 3.8) is 0 Å². The molecule has 0 spiro atoms. The van der Waals surface area contributed by atoms with Gasteiger partial charge in [-0.3, -0.25) is 4.79 Å². The molecule has 0 aromatic heterocycles. The zero-order chi connectivity index (χ0) is 24.8. The lowest BCUT2D eigenvalue weighted by atomic mass is 9.98. The lowest BCUT2D eigenvalue weighted by Crippen LogP contribution is -2.56. The minimum atomic E-state index is -1.13. The summed E-state index contributed by atoms with van der Waals surface area (Å²) >= 11 is 0. The number of amides is 2. The van der Waals surface area contributed by atoms with E-state index >= 15 is 0 Å². The van der Waals surface area contributed by atoms with Gasteiger partial charge in [-0.1, -0.05) is 68.8 Å². The molecule has 3 N–H and O–H groups in total. The third-order valence-corrected chi connectivity index (χ3v) is 6.27. The summed E-state index contributed by atoms with van der Waals surface area (Å²) in [4.78, 5) is 38.8. The van der Waals surface area contributed by atoms with Gasteiger partial charge in [0.05, 0.1) is 0 Å². The monoisotopic (exact) mass is 467 g/mol. The first-order valence-electron chi connectivity index (χ1n) is 11.5. The van der Waals surface area contributed by atoms with Crippen LogP contribution in [-0.4, -0.2) is 67.3 Å². The van der Waals surface area contributed by atoms with Crippen LogP contribution < -0.4 is 10.6 Å². The average Bonchev–Trinajstić information content (AvgIpc) is 3.13. The van der Waals surface area contributed by atoms with Crippen LogP contribution in [0, 0.1) is 5.92 Å². The van der Waals surface area contributed by atoms with Gasteiger partial charge in [0.1, 0.15) is 18.7 Å². The van der Waals surface area contributed by atoms with E-state index < -0.39 is 30.1 Å². The van der Waals surface area contributed by atoms with Crippen molar-refractivity contribution in [2.75, 3.05) is 27.2 Å². The molecule has 182 valence electrons. The van der Waals surface area contributed by atoms with E-state index in [-0.39, 0.29) is 25.0 Å². The molecule has 0 saturated heterocycles. The molecule has 0 bridgehead atoms. The number of likely N-dealkylation sites (N-methyl/N-ethyl adjacent to an activating group) is 1. The molecule has 0 heterocycles. The SMILES string of the molecule is CCC(C)C(NC(=O)OCC1c2ccccc2-c2ccccc21)C(=O)N[C@@H](CN(C)C)C(=O)O. The highest BCUT2D eigenvalue weighted by Crippen LogP contribution is 2.44. The van der Waals surface area contributed by atoms with Crippen LogP contribution in [0.5, 0.6) is 0 Å². The summed E-state index contributed by atoms with van der Waals surface area (Å²) in [6, 6.07) is 14.1. The molecular formula is C26H33N3O5. The fourth-order valence-electron chi connectivity index (χ4n) is 4.28. The zero-order valence-corrected chi connectivity index (χ0v) is 20.1. The number of rotatable bonds is 10. The van der Waals surface area contributed by atoms with Crippen molar-refractivity contribution in [3.05, 3.63) is 59.7 Å². The van der Waals surface area contributed by atoms with E-state index in [2.05, 4.69) is 22.8 Å². The lowest BCUT2D eigenvalue weighted by molar-refractivity contribution is -0.142. The highest BCUT2D eigenvalue weighted by atomic mass is 16.5. The third-order valence-electron chi connectivity index (χ3n) is 6.27. The van der Waals surface area contributed by atoms with Crippen molar-refractivity contribution in [1.29, 1.82) is 0 Å². The molecule has 1 aliphatic carbocycles. The van der Waals surface area contributed by atoms with Gasteiger partial charge in [0.15, 0.2) is 0 Å². The van der Waals surface area contributed by atoms with Gasteiger partial charge in [-0.25, -0.2) is 9.59 Å². The van der Waals surface area contributed by atoms with E-state index in [1.807, 2.05) is 50.2 Å². The van der Waals surface area contributed by atoms with Crippen LogP contribution in [0.25, 0.3) is 11.1 Å². The normalized spacial score (nSPS) is 15.1. The molecule has 8 nitrogen and oxygen atoms in total. The highest BCUT2D eigenvalue weighted by Gasteiger charge is 2.32. The molecule has 2 aromatic carbocycles. The van der Waals surface area contributed by atoms with E-state index in [0.29, 0.717) is 6.42 Å². The maximum atomic E-state index is 12.9. The van der Waals surface area contributed by atoms with Gasteiger partial charge in [0.25, 0.3) is 0 Å². The summed E-state index contributed by atoms with van der Waals surface area (Å²) in [5.74, 6) is -1.98. The molecule has 8 heteroatoms. The van der Waals surface area contributed by atoms with Crippen LogP contribution in [0.1, 0.15) is 37.3 Å². The summed E-state index contributed by atoms with van der Waals surface area (Å²) in [7, 11) is 3.45. The fourth-order valence-corrected chi connectivity index (χ4v) is 4.28. The Morgan fingerprint density at radius 2 is 1.56 bits per heavy atom. The number of carboxylic acid groups (broad SMARTS) is 1. The van der Waals surface area contributed by atoms with Gasteiger partial charge in [-0.05, 0) is 42.3 Å². The van der Waals surface area contributed by atoms with Gasteiger partial charge < -0.3 is 25.4 Å². The maximum absolute atomic E-state index is 12.9. The standard InChI is InChI=1S/C26H33N3O5/c1-5-16(2)23(24(30)27-22(25(31)32)14-29(3)4)28-26(33)34-15-21-19-12-8-6-10-17(19)18-11-7-9-13-20(18)21/h6-13,16,21-23H,5,14-15H2,1-4H3,(H,27,30)(H,28,33)(H,31,32)/t16?,22-,23?/m0/s1. The van der Waals surface area contributed by atoms with Crippen LogP contribution >= 0.6 is 0 Å². The van der Waals surface area contributed by atoms with Gasteiger partial charge in [0.2, 0.25) is 5.91 Å². The molecule has 1 aliphatic rings. The molecule has 2 aromatic rings. The van der Waals surface area contributed by atoms with E-state index in [4.69, 9.17) is 4.74 Å². The first-order chi connectivity index (χ1) is 16.2. The number of fused-ring (bicyclic) bond motifs is 3. The molecule has 0 saturated carbocycles. The average molecular weight is 468 g/mol. The van der Waals surface area contributed by atoms with Gasteiger partial charge >= 0.3 is 12.1 Å². The number of carbonyl (C=O) groups is 3. The van der Waals surface area contributed by atoms with Crippen LogP contribution in [0.15, 0.2) is 48.5 Å². The molecule has 3 atom stereocenters. The van der Waals surface area contributed by atoms with Crippen molar-refractivity contribution in [2.45, 2.75) is 38.3 Å². The molecule has 2 amide bonds. The summed E-state index contributed by atoms with van der Waals surface area (Å²) in [6.45, 7) is 4.00. The van der Waals surface area contributed by atoms with Crippen molar-refractivity contribution in [2.24, 2.45) is 5.92 Å². The summed E-state index contributed by atoms with van der Waals surface area (Å²) in [6.07, 6.45) is -0.0885. The molecule has 2 unspecified atom stereocenters. The Morgan fingerprint density at radius 3 is 2.06 bits per heavy atom. The van der Waals surface area contributed by atoms with Crippen molar-refractivity contribution >= 4 is 18.0 Å². The van der Waals surface area contributed by atoms with Gasteiger partial charge in [0, 0.05) is 12.5 Å². The van der Waals surface area contributed by atoms with E-state index in [1.165, 1.54) is 0 Å². The molecular weight excluding hydrogens is 434 g/mol. The predicted octanol–water partition coefficient (Wildman–Crippen LogP) is 3.07. The van der Waals surface area contributed by atoms with Crippen molar-refractivity contribution in [3.8, 4) is 11.1 Å². The van der Waals surface area contributed by atoms with Crippen LogP contribution in [0.2, 0.25) is 0 Å². The Bertz CT molecular complexity index is 993. The van der Waals surface area contributed by atoms with Crippen LogP contribution in [0.3, 0.4) is 0 Å². The Kier molecular flexibility index (Phi) is 8.28.